The minimum atomic E-state index is -4.92. The molecule has 0 fully saturated rings. The molecule has 33 heavy (non-hydrogen) atoms. The lowest BCUT2D eigenvalue weighted by molar-refractivity contribution is -0.385. The van der Waals surface area contributed by atoms with E-state index in [1.807, 2.05) is 0 Å². The molecule has 0 bridgehead atoms. The Morgan fingerprint density at radius 2 is 1.55 bits per heavy atom. The normalized spacial score (nSPS) is 11.1. The largest absolute Gasteiger partial charge is 0.418 e. The van der Waals surface area contributed by atoms with Gasteiger partial charge in [0.15, 0.2) is 0 Å². The van der Waals surface area contributed by atoms with Crippen LogP contribution in [0.1, 0.15) is 31.8 Å². The van der Waals surface area contributed by atoms with E-state index in [0.717, 1.165) is 18.2 Å². The summed E-state index contributed by atoms with van der Waals surface area (Å²) in [6.45, 7) is 1.30. The SMILES string of the molecule is Cc1c(C(=O)Nc2ccc(NC(=O)c3ccccc3F)cc2C(F)(F)F)cccc1[N+](=O)[O-]. The summed E-state index contributed by atoms with van der Waals surface area (Å²) in [5, 5.41) is 15.4. The van der Waals surface area contributed by atoms with Gasteiger partial charge in [0, 0.05) is 22.9 Å². The van der Waals surface area contributed by atoms with Gasteiger partial charge in [-0.1, -0.05) is 18.2 Å². The molecule has 0 saturated heterocycles. The number of halogens is 4. The molecule has 2 N–H and O–H groups in total. The monoisotopic (exact) mass is 461 g/mol. The van der Waals surface area contributed by atoms with E-state index >= 15 is 0 Å². The van der Waals surface area contributed by atoms with E-state index < -0.39 is 40.0 Å². The van der Waals surface area contributed by atoms with Gasteiger partial charge in [0.2, 0.25) is 0 Å². The summed E-state index contributed by atoms with van der Waals surface area (Å²) in [5.74, 6) is -2.78. The van der Waals surface area contributed by atoms with Crippen molar-refractivity contribution in [1.29, 1.82) is 0 Å². The molecule has 3 aromatic carbocycles. The van der Waals surface area contributed by atoms with Gasteiger partial charge in [-0.2, -0.15) is 13.2 Å². The number of anilines is 2. The van der Waals surface area contributed by atoms with Crippen LogP contribution in [0.3, 0.4) is 0 Å². The average molecular weight is 461 g/mol. The molecule has 3 rings (SSSR count). The Bertz CT molecular complexity index is 1260. The Balaban J connectivity index is 1.91. The smallest absolute Gasteiger partial charge is 0.322 e. The van der Waals surface area contributed by atoms with Crippen molar-refractivity contribution in [2.24, 2.45) is 0 Å². The van der Waals surface area contributed by atoms with Crippen LogP contribution in [0.15, 0.2) is 60.7 Å². The van der Waals surface area contributed by atoms with Crippen LogP contribution in [0, 0.1) is 22.9 Å². The van der Waals surface area contributed by atoms with E-state index in [4.69, 9.17) is 0 Å². The summed E-state index contributed by atoms with van der Waals surface area (Å²) in [7, 11) is 0. The fourth-order valence-corrected chi connectivity index (χ4v) is 3.07. The van der Waals surface area contributed by atoms with Crippen LogP contribution in [-0.4, -0.2) is 16.7 Å². The van der Waals surface area contributed by atoms with Gasteiger partial charge in [0.25, 0.3) is 17.5 Å². The Hall–Kier alpha value is -4.28. The molecule has 0 unspecified atom stereocenters. The molecule has 0 radical (unpaired) electrons. The van der Waals surface area contributed by atoms with Gasteiger partial charge >= 0.3 is 6.18 Å². The molecule has 170 valence electrons. The number of rotatable bonds is 5. The molecular weight excluding hydrogens is 446 g/mol. The first kappa shape index (κ1) is 23.4. The highest BCUT2D eigenvalue weighted by molar-refractivity contribution is 6.07. The van der Waals surface area contributed by atoms with Gasteiger partial charge in [0.1, 0.15) is 5.82 Å². The first-order valence-electron chi connectivity index (χ1n) is 9.31. The summed E-state index contributed by atoms with van der Waals surface area (Å²) in [6.07, 6.45) is -4.92. The van der Waals surface area contributed by atoms with Crippen LogP contribution in [0.2, 0.25) is 0 Å². The lowest BCUT2D eigenvalue weighted by Crippen LogP contribution is -2.19. The van der Waals surface area contributed by atoms with Crippen molar-refractivity contribution in [3.8, 4) is 0 Å². The molecule has 0 aromatic heterocycles. The van der Waals surface area contributed by atoms with Crippen molar-refractivity contribution in [3.05, 3.63) is 98.8 Å². The number of nitro benzene ring substituents is 1. The van der Waals surface area contributed by atoms with Crippen LogP contribution in [0.25, 0.3) is 0 Å². The molecule has 0 aliphatic rings. The van der Waals surface area contributed by atoms with Gasteiger partial charge in [-0.25, -0.2) is 4.39 Å². The quantitative estimate of drug-likeness (QED) is 0.295. The van der Waals surface area contributed by atoms with E-state index in [2.05, 4.69) is 10.6 Å². The van der Waals surface area contributed by atoms with E-state index in [1.54, 1.807) is 0 Å². The first-order chi connectivity index (χ1) is 15.5. The third-order valence-corrected chi connectivity index (χ3v) is 4.70. The molecule has 0 spiro atoms. The van der Waals surface area contributed by atoms with E-state index in [9.17, 15) is 37.3 Å². The summed E-state index contributed by atoms with van der Waals surface area (Å²) in [4.78, 5) is 35.1. The maximum atomic E-state index is 13.8. The van der Waals surface area contributed by atoms with Crippen LogP contribution in [0.5, 0.6) is 0 Å². The fraction of sp³-hybridized carbons (Fsp3) is 0.0909. The first-order valence-corrected chi connectivity index (χ1v) is 9.31. The Labute approximate surface area is 184 Å². The molecule has 0 heterocycles. The van der Waals surface area contributed by atoms with Crippen molar-refractivity contribution in [3.63, 3.8) is 0 Å². The Morgan fingerprint density at radius 1 is 0.909 bits per heavy atom. The van der Waals surface area contributed by atoms with Crippen LogP contribution < -0.4 is 10.6 Å². The third kappa shape index (κ3) is 5.14. The highest BCUT2D eigenvalue weighted by Crippen LogP contribution is 2.37. The standard InChI is InChI=1S/C22H15F4N3O4/c1-12-14(6-4-8-19(12)29(32)33)20(30)28-18-10-9-13(11-16(18)22(24,25)26)27-21(31)15-5-2-3-7-17(15)23/h2-11H,1H3,(H,27,31)(H,28,30). The highest BCUT2D eigenvalue weighted by Gasteiger charge is 2.35. The van der Waals surface area contributed by atoms with Gasteiger partial charge in [-0.3, -0.25) is 19.7 Å². The number of carbonyl (C=O) groups excluding carboxylic acids is 2. The number of nitro groups is 1. The zero-order valence-corrected chi connectivity index (χ0v) is 16.9. The summed E-state index contributed by atoms with van der Waals surface area (Å²) < 4.78 is 54.7. The number of hydrogen-bond donors (Lipinski definition) is 2. The number of benzene rings is 3. The van der Waals surface area contributed by atoms with Gasteiger partial charge < -0.3 is 10.6 Å². The minimum absolute atomic E-state index is 0.0117. The van der Waals surface area contributed by atoms with E-state index in [0.29, 0.717) is 6.07 Å². The fourth-order valence-electron chi connectivity index (χ4n) is 3.07. The molecule has 0 saturated carbocycles. The lowest BCUT2D eigenvalue weighted by atomic mass is 10.1. The van der Waals surface area contributed by atoms with Crippen molar-refractivity contribution >= 4 is 28.9 Å². The van der Waals surface area contributed by atoms with Crippen LogP contribution >= 0.6 is 0 Å². The molecule has 0 aliphatic heterocycles. The molecule has 3 aromatic rings. The molecule has 0 atom stereocenters. The number of alkyl halides is 3. The maximum absolute atomic E-state index is 13.8. The van der Waals surface area contributed by atoms with Crippen molar-refractivity contribution in [2.75, 3.05) is 10.6 Å². The number of nitrogens with zero attached hydrogens (tertiary/aromatic N) is 1. The molecule has 7 nitrogen and oxygen atoms in total. The van der Waals surface area contributed by atoms with Crippen molar-refractivity contribution < 1.29 is 32.1 Å². The second kappa shape index (κ2) is 9.07. The third-order valence-electron chi connectivity index (χ3n) is 4.70. The molecule has 0 aliphatic carbocycles. The summed E-state index contributed by atoms with van der Waals surface area (Å²) in [5.41, 5.74) is -3.07. The van der Waals surface area contributed by atoms with E-state index in [-0.39, 0.29) is 28.1 Å². The second-order valence-electron chi connectivity index (χ2n) is 6.85. The number of carbonyl (C=O) groups is 2. The molecule has 11 heteroatoms. The van der Waals surface area contributed by atoms with Crippen LogP contribution in [-0.2, 0) is 6.18 Å². The number of nitrogens with one attached hydrogen (secondary N) is 2. The van der Waals surface area contributed by atoms with Crippen molar-refractivity contribution in [2.45, 2.75) is 13.1 Å². The molecule has 2 amide bonds. The lowest BCUT2D eigenvalue weighted by Gasteiger charge is -2.16. The second-order valence-corrected chi connectivity index (χ2v) is 6.85. The average Bonchev–Trinajstić information content (AvgIpc) is 2.74. The van der Waals surface area contributed by atoms with Gasteiger partial charge in [-0.15, -0.1) is 0 Å². The van der Waals surface area contributed by atoms with Gasteiger partial charge in [0.05, 0.1) is 21.7 Å². The number of hydrogen-bond acceptors (Lipinski definition) is 4. The Morgan fingerprint density at radius 3 is 2.18 bits per heavy atom. The topological polar surface area (TPSA) is 101 Å². The Kier molecular flexibility index (Phi) is 6.43. The summed E-state index contributed by atoms with van der Waals surface area (Å²) >= 11 is 0. The van der Waals surface area contributed by atoms with Gasteiger partial charge in [-0.05, 0) is 43.3 Å². The van der Waals surface area contributed by atoms with Crippen molar-refractivity contribution in [1.82, 2.24) is 0 Å². The number of amides is 2. The predicted molar refractivity (Wildman–Crippen MR) is 112 cm³/mol. The van der Waals surface area contributed by atoms with E-state index in [1.165, 1.54) is 43.3 Å². The minimum Gasteiger partial charge on any atom is -0.322 e. The maximum Gasteiger partial charge on any atom is 0.418 e. The van der Waals surface area contributed by atoms with Crippen LogP contribution in [0.4, 0.5) is 34.6 Å². The predicted octanol–water partition coefficient (Wildman–Crippen LogP) is 5.57. The summed E-state index contributed by atoms with van der Waals surface area (Å²) in [6, 6.07) is 11.2. The zero-order valence-electron chi connectivity index (χ0n) is 16.9. The zero-order chi connectivity index (χ0) is 24.3. The highest BCUT2D eigenvalue weighted by atomic mass is 19.4. The molecular formula is C22H15F4N3O4.